The molecule has 1 aliphatic rings. The normalized spacial score (nSPS) is 18.4. The van der Waals surface area contributed by atoms with Crippen LogP contribution in [0.15, 0.2) is 16.7 Å². The highest BCUT2D eigenvalue weighted by atomic mass is 79.9. The highest BCUT2D eigenvalue weighted by Gasteiger charge is 2.44. The van der Waals surface area contributed by atoms with Gasteiger partial charge in [-0.05, 0) is 35.8 Å². The zero-order valence-corrected chi connectivity index (χ0v) is 12.4. The van der Waals surface area contributed by atoms with E-state index in [0.29, 0.717) is 5.69 Å². The first-order chi connectivity index (χ1) is 8.73. The molecule has 19 heavy (non-hydrogen) atoms. The zero-order valence-electron chi connectivity index (χ0n) is 10.9. The maximum atomic E-state index is 12.5. The Balaban J connectivity index is 2.39. The van der Waals surface area contributed by atoms with Crippen molar-refractivity contribution in [1.29, 1.82) is 0 Å². The van der Waals surface area contributed by atoms with Crippen LogP contribution < -0.4 is 5.32 Å². The van der Waals surface area contributed by atoms with Crippen LogP contribution in [-0.4, -0.2) is 39.3 Å². The third-order valence-corrected chi connectivity index (χ3v) is 3.65. The van der Waals surface area contributed by atoms with E-state index in [0.717, 1.165) is 4.47 Å². The Bertz CT molecular complexity index is 577. The molecule has 1 aliphatic heterocycles. The summed E-state index contributed by atoms with van der Waals surface area (Å²) in [7, 11) is 1.73. The maximum absolute atomic E-state index is 12.5. The first-order valence-corrected chi connectivity index (χ1v) is 6.51. The van der Waals surface area contributed by atoms with Gasteiger partial charge in [0.2, 0.25) is 5.91 Å². The second kappa shape index (κ2) is 4.48. The minimum Gasteiger partial charge on any atom is -0.345 e. The van der Waals surface area contributed by atoms with Gasteiger partial charge >= 0.3 is 0 Å². The summed E-state index contributed by atoms with van der Waals surface area (Å²) < 4.78 is 2.42. The van der Waals surface area contributed by atoms with E-state index in [4.69, 9.17) is 0 Å². The van der Waals surface area contributed by atoms with Gasteiger partial charge in [0.1, 0.15) is 17.8 Å². The smallest absolute Gasteiger partial charge is 0.271 e. The van der Waals surface area contributed by atoms with Crippen LogP contribution >= 0.6 is 15.9 Å². The van der Waals surface area contributed by atoms with Crippen molar-refractivity contribution in [2.24, 2.45) is 7.05 Å². The van der Waals surface area contributed by atoms with Crippen LogP contribution in [0.1, 0.15) is 24.3 Å². The number of piperazine rings is 1. The minimum atomic E-state index is -1.05. The number of carbonyl (C=O) groups excluding carboxylic acids is 3. The number of aromatic nitrogens is 1. The van der Waals surface area contributed by atoms with E-state index in [1.54, 1.807) is 37.7 Å². The highest BCUT2D eigenvalue weighted by Crippen LogP contribution is 2.23. The summed E-state index contributed by atoms with van der Waals surface area (Å²) in [6, 6.07) is 1.66. The van der Waals surface area contributed by atoms with Gasteiger partial charge in [-0.25, -0.2) is 0 Å². The van der Waals surface area contributed by atoms with E-state index in [9.17, 15) is 14.4 Å². The molecule has 6 nitrogen and oxygen atoms in total. The molecule has 0 bridgehead atoms. The van der Waals surface area contributed by atoms with Gasteiger partial charge in [-0.3, -0.25) is 19.7 Å². The van der Waals surface area contributed by atoms with Crippen LogP contribution in [0.3, 0.4) is 0 Å². The summed E-state index contributed by atoms with van der Waals surface area (Å²) in [5.41, 5.74) is -0.635. The van der Waals surface area contributed by atoms with E-state index in [2.05, 4.69) is 21.2 Å². The SMILES string of the molecule is Cn1cc(Br)cc1C(=O)N1CC(=O)NC(=O)C1(C)C. The van der Waals surface area contributed by atoms with Crippen molar-refractivity contribution >= 4 is 33.7 Å². The molecule has 1 aromatic rings. The average Bonchev–Trinajstić information content (AvgIpc) is 2.62. The van der Waals surface area contributed by atoms with Crippen molar-refractivity contribution in [3.05, 3.63) is 22.4 Å². The molecule has 0 atom stereocenters. The molecule has 102 valence electrons. The predicted octanol–water partition coefficient (Wildman–Crippen LogP) is 0.665. The summed E-state index contributed by atoms with van der Waals surface area (Å²) in [5, 5.41) is 2.24. The Morgan fingerprint density at radius 1 is 1.42 bits per heavy atom. The predicted molar refractivity (Wildman–Crippen MR) is 71.4 cm³/mol. The number of halogens is 1. The molecule has 0 aliphatic carbocycles. The quantitative estimate of drug-likeness (QED) is 0.770. The summed E-state index contributed by atoms with van der Waals surface area (Å²) in [5.74, 6) is -1.28. The van der Waals surface area contributed by atoms with E-state index in [-0.39, 0.29) is 12.5 Å². The molecule has 2 rings (SSSR count). The van der Waals surface area contributed by atoms with E-state index >= 15 is 0 Å². The van der Waals surface area contributed by atoms with E-state index in [1.165, 1.54) is 4.90 Å². The molecule has 1 N–H and O–H groups in total. The lowest BCUT2D eigenvalue weighted by Crippen LogP contribution is -2.65. The van der Waals surface area contributed by atoms with Gasteiger partial charge in [0.15, 0.2) is 0 Å². The second-order valence-electron chi connectivity index (χ2n) is 4.98. The van der Waals surface area contributed by atoms with Crippen LogP contribution in [0.5, 0.6) is 0 Å². The van der Waals surface area contributed by atoms with Gasteiger partial charge < -0.3 is 9.47 Å². The van der Waals surface area contributed by atoms with Gasteiger partial charge in [-0.2, -0.15) is 0 Å². The first-order valence-electron chi connectivity index (χ1n) is 5.71. The summed E-state index contributed by atoms with van der Waals surface area (Å²) in [4.78, 5) is 37.1. The van der Waals surface area contributed by atoms with Crippen LogP contribution in [-0.2, 0) is 16.6 Å². The fraction of sp³-hybridized carbons (Fsp3) is 0.417. The Morgan fingerprint density at radius 2 is 2.05 bits per heavy atom. The third kappa shape index (κ3) is 2.30. The average molecular weight is 328 g/mol. The summed E-state index contributed by atoms with van der Waals surface area (Å²) in [6.45, 7) is 3.11. The molecule has 0 radical (unpaired) electrons. The Kier molecular flexibility index (Phi) is 3.25. The minimum absolute atomic E-state index is 0.125. The molecule has 7 heteroatoms. The molecule has 1 aromatic heterocycles. The number of rotatable bonds is 1. The summed E-state index contributed by atoms with van der Waals surface area (Å²) >= 11 is 3.29. The maximum Gasteiger partial charge on any atom is 0.271 e. The molecule has 0 saturated carbocycles. The first kappa shape index (κ1) is 13.8. The van der Waals surface area contributed by atoms with Crippen molar-refractivity contribution in [2.75, 3.05) is 6.54 Å². The molecule has 1 saturated heterocycles. The molecule has 3 amide bonds. The molecule has 0 unspecified atom stereocenters. The lowest BCUT2D eigenvalue weighted by molar-refractivity contribution is -0.143. The van der Waals surface area contributed by atoms with Crippen molar-refractivity contribution in [3.8, 4) is 0 Å². The Hall–Kier alpha value is -1.63. The van der Waals surface area contributed by atoms with Gasteiger partial charge in [0.05, 0.1) is 0 Å². The Labute approximate surface area is 118 Å². The molecule has 2 heterocycles. The number of aryl methyl sites for hydroxylation is 1. The number of hydrogen-bond acceptors (Lipinski definition) is 3. The molecular formula is C12H14BrN3O3. The lowest BCUT2D eigenvalue weighted by Gasteiger charge is -2.40. The third-order valence-electron chi connectivity index (χ3n) is 3.22. The van der Waals surface area contributed by atoms with Gasteiger partial charge in [-0.1, -0.05) is 0 Å². The Morgan fingerprint density at radius 3 is 2.58 bits per heavy atom. The van der Waals surface area contributed by atoms with Crippen LogP contribution in [0, 0.1) is 0 Å². The van der Waals surface area contributed by atoms with Crippen LogP contribution in [0.25, 0.3) is 0 Å². The van der Waals surface area contributed by atoms with Gasteiger partial charge in [-0.15, -0.1) is 0 Å². The second-order valence-corrected chi connectivity index (χ2v) is 5.90. The van der Waals surface area contributed by atoms with Crippen LogP contribution in [0.4, 0.5) is 0 Å². The largest absolute Gasteiger partial charge is 0.345 e. The highest BCUT2D eigenvalue weighted by molar-refractivity contribution is 9.10. The standard InChI is InChI=1S/C12H14BrN3O3/c1-12(2)11(19)14-9(17)6-16(12)10(18)8-4-7(13)5-15(8)3/h4-5H,6H2,1-3H3,(H,14,17,19). The number of nitrogens with one attached hydrogen (secondary N) is 1. The van der Waals surface area contributed by atoms with E-state index < -0.39 is 17.4 Å². The van der Waals surface area contributed by atoms with Crippen molar-refractivity contribution in [3.63, 3.8) is 0 Å². The summed E-state index contributed by atoms with van der Waals surface area (Å²) in [6.07, 6.45) is 1.74. The molecule has 1 fully saturated rings. The van der Waals surface area contributed by atoms with Crippen molar-refractivity contribution in [1.82, 2.24) is 14.8 Å². The van der Waals surface area contributed by atoms with E-state index in [1.807, 2.05) is 0 Å². The fourth-order valence-corrected chi connectivity index (χ4v) is 2.51. The van der Waals surface area contributed by atoms with Gasteiger partial charge in [0.25, 0.3) is 11.8 Å². The molecule has 0 aromatic carbocycles. The topological polar surface area (TPSA) is 71.4 Å². The fourth-order valence-electron chi connectivity index (χ4n) is 1.98. The lowest BCUT2D eigenvalue weighted by atomic mass is 9.98. The molecule has 0 spiro atoms. The monoisotopic (exact) mass is 327 g/mol. The number of amides is 3. The van der Waals surface area contributed by atoms with Gasteiger partial charge in [0, 0.05) is 17.7 Å². The number of hydrogen-bond donors (Lipinski definition) is 1. The molecular weight excluding hydrogens is 314 g/mol. The number of imide groups is 1. The van der Waals surface area contributed by atoms with Crippen LogP contribution in [0.2, 0.25) is 0 Å². The van der Waals surface area contributed by atoms with Crippen molar-refractivity contribution in [2.45, 2.75) is 19.4 Å². The number of carbonyl (C=O) groups is 3. The zero-order chi connectivity index (χ0) is 14.4. The number of nitrogens with zero attached hydrogens (tertiary/aromatic N) is 2. The van der Waals surface area contributed by atoms with Crippen molar-refractivity contribution < 1.29 is 14.4 Å².